The zero-order valence-electron chi connectivity index (χ0n) is 10.4. The Morgan fingerprint density at radius 1 is 1.38 bits per heavy atom. The minimum absolute atomic E-state index is 0.229. The molecule has 0 saturated carbocycles. The first-order valence-electron chi connectivity index (χ1n) is 5.66. The molecule has 0 unspecified atom stereocenters. The second-order valence-electron chi connectivity index (χ2n) is 5.30. The zero-order valence-corrected chi connectivity index (χ0v) is 10.4. The lowest BCUT2D eigenvalue weighted by Crippen LogP contribution is -2.60. The van der Waals surface area contributed by atoms with E-state index in [0.29, 0.717) is 6.01 Å². The van der Waals surface area contributed by atoms with Crippen molar-refractivity contribution < 1.29 is 4.74 Å². The largest absolute Gasteiger partial charge is 0.457 e. The second-order valence-corrected chi connectivity index (χ2v) is 5.30. The smallest absolute Gasteiger partial charge is 0.316 e. The summed E-state index contributed by atoms with van der Waals surface area (Å²) in [6, 6.07) is 2.37. The standard InChI is InChI=1S/C12H19N3O/c1-9-5-6-13-11(14-9)16-10-7-15(8-10)12(2,3)4/h5-6,10H,7-8H2,1-4H3. The third-order valence-electron chi connectivity index (χ3n) is 2.84. The van der Waals surface area contributed by atoms with Gasteiger partial charge in [0.15, 0.2) is 0 Å². The highest BCUT2D eigenvalue weighted by molar-refractivity contribution is 5.04. The van der Waals surface area contributed by atoms with E-state index in [1.807, 2.05) is 13.0 Å². The summed E-state index contributed by atoms with van der Waals surface area (Å²) in [7, 11) is 0. The van der Waals surface area contributed by atoms with Crippen LogP contribution in [0.25, 0.3) is 0 Å². The molecule has 4 heteroatoms. The molecule has 1 saturated heterocycles. The third kappa shape index (κ3) is 2.50. The molecule has 0 N–H and O–H groups in total. The van der Waals surface area contributed by atoms with Gasteiger partial charge in [0.05, 0.1) is 0 Å². The molecule has 0 spiro atoms. The van der Waals surface area contributed by atoms with Gasteiger partial charge in [0, 0.05) is 30.5 Å². The zero-order chi connectivity index (χ0) is 11.8. The Morgan fingerprint density at radius 2 is 2.06 bits per heavy atom. The Hall–Kier alpha value is -1.16. The molecule has 0 aliphatic carbocycles. The van der Waals surface area contributed by atoms with Crippen molar-refractivity contribution in [2.45, 2.75) is 39.3 Å². The van der Waals surface area contributed by atoms with Crippen LogP contribution < -0.4 is 4.74 Å². The van der Waals surface area contributed by atoms with E-state index in [9.17, 15) is 0 Å². The number of ether oxygens (including phenoxy) is 1. The summed E-state index contributed by atoms with van der Waals surface area (Å²) < 4.78 is 5.69. The maximum atomic E-state index is 5.69. The van der Waals surface area contributed by atoms with Gasteiger partial charge in [-0.2, -0.15) is 0 Å². The van der Waals surface area contributed by atoms with Crippen LogP contribution in [0, 0.1) is 6.92 Å². The monoisotopic (exact) mass is 221 g/mol. The Kier molecular flexibility index (Phi) is 2.84. The summed E-state index contributed by atoms with van der Waals surface area (Å²) in [5, 5.41) is 0. The van der Waals surface area contributed by atoms with Crippen LogP contribution in [0.2, 0.25) is 0 Å². The summed E-state index contributed by atoms with van der Waals surface area (Å²) in [6.07, 6.45) is 1.97. The predicted molar refractivity (Wildman–Crippen MR) is 62.5 cm³/mol. The first-order chi connectivity index (χ1) is 7.45. The van der Waals surface area contributed by atoms with E-state index < -0.39 is 0 Å². The Bertz CT molecular complexity index is 367. The molecule has 16 heavy (non-hydrogen) atoms. The number of hydrogen-bond acceptors (Lipinski definition) is 4. The van der Waals surface area contributed by atoms with Crippen molar-refractivity contribution in [2.24, 2.45) is 0 Å². The Morgan fingerprint density at radius 3 is 2.62 bits per heavy atom. The molecule has 4 nitrogen and oxygen atoms in total. The molecular weight excluding hydrogens is 202 g/mol. The van der Waals surface area contributed by atoms with E-state index in [1.165, 1.54) is 0 Å². The second kappa shape index (κ2) is 4.01. The van der Waals surface area contributed by atoms with Crippen molar-refractivity contribution >= 4 is 0 Å². The van der Waals surface area contributed by atoms with E-state index in [-0.39, 0.29) is 11.6 Å². The van der Waals surface area contributed by atoms with Crippen molar-refractivity contribution in [1.82, 2.24) is 14.9 Å². The molecule has 0 aromatic carbocycles. The summed E-state index contributed by atoms with van der Waals surface area (Å²) in [5.41, 5.74) is 1.17. The van der Waals surface area contributed by atoms with Gasteiger partial charge in [-0.05, 0) is 33.8 Å². The van der Waals surface area contributed by atoms with Crippen LogP contribution in [-0.4, -0.2) is 39.6 Å². The minimum atomic E-state index is 0.229. The van der Waals surface area contributed by atoms with Gasteiger partial charge in [0.2, 0.25) is 0 Å². The molecule has 1 aromatic heterocycles. The number of likely N-dealkylation sites (tertiary alicyclic amines) is 1. The van der Waals surface area contributed by atoms with E-state index in [4.69, 9.17) is 4.74 Å². The van der Waals surface area contributed by atoms with Crippen LogP contribution >= 0.6 is 0 Å². The average Bonchev–Trinajstić information content (AvgIpc) is 2.08. The molecule has 1 aliphatic rings. The first-order valence-corrected chi connectivity index (χ1v) is 5.66. The van der Waals surface area contributed by atoms with E-state index in [1.54, 1.807) is 6.20 Å². The van der Waals surface area contributed by atoms with E-state index >= 15 is 0 Å². The highest BCUT2D eigenvalue weighted by Gasteiger charge is 2.36. The van der Waals surface area contributed by atoms with Crippen molar-refractivity contribution in [3.63, 3.8) is 0 Å². The Labute approximate surface area is 96.7 Å². The van der Waals surface area contributed by atoms with Crippen LogP contribution in [0.15, 0.2) is 12.3 Å². The van der Waals surface area contributed by atoms with E-state index in [2.05, 4.69) is 35.6 Å². The maximum Gasteiger partial charge on any atom is 0.316 e. The average molecular weight is 221 g/mol. The molecule has 88 valence electrons. The number of aryl methyl sites for hydroxylation is 1. The van der Waals surface area contributed by atoms with E-state index in [0.717, 1.165) is 18.8 Å². The van der Waals surface area contributed by atoms with Gasteiger partial charge >= 0.3 is 6.01 Å². The molecule has 1 aliphatic heterocycles. The fourth-order valence-corrected chi connectivity index (χ4v) is 1.69. The number of nitrogens with zero attached hydrogens (tertiary/aromatic N) is 3. The van der Waals surface area contributed by atoms with Crippen molar-refractivity contribution in [3.05, 3.63) is 18.0 Å². The van der Waals surface area contributed by atoms with Gasteiger partial charge in [0.25, 0.3) is 0 Å². The lowest BCUT2D eigenvalue weighted by atomic mass is 9.99. The van der Waals surface area contributed by atoms with Crippen molar-refractivity contribution in [3.8, 4) is 6.01 Å². The lowest BCUT2D eigenvalue weighted by Gasteiger charge is -2.46. The topological polar surface area (TPSA) is 38.2 Å². The molecule has 2 rings (SSSR count). The molecule has 1 aromatic rings. The molecule has 0 radical (unpaired) electrons. The van der Waals surface area contributed by atoms with Crippen LogP contribution in [0.5, 0.6) is 6.01 Å². The third-order valence-corrected chi connectivity index (χ3v) is 2.84. The molecule has 0 amide bonds. The molecular formula is C12H19N3O. The fourth-order valence-electron chi connectivity index (χ4n) is 1.69. The van der Waals surface area contributed by atoms with Crippen LogP contribution in [0.3, 0.4) is 0 Å². The van der Waals surface area contributed by atoms with Gasteiger partial charge in [-0.25, -0.2) is 9.97 Å². The summed E-state index contributed by atoms with van der Waals surface area (Å²) in [4.78, 5) is 10.7. The fraction of sp³-hybridized carbons (Fsp3) is 0.667. The lowest BCUT2D eigenvalue weighted by molar-refractivity contribution is -0.0388. The van der Waals surface area contributed by atoms with Gasteiger partial charge in [-0.3, -0.25) is 4.90 Å². The SMILES string of the molecule is Cc1ccnc(OC2CN(C(C)(C)C)C2)n1. The van der Waals surface area contributed by atoms with Crippen LogP contribution in [0.1, 0.15) is 26.5 Å². The summed E-state index contributed by atoms with van der Waals surface area (Å²) >= 11 is 0. The van der Waals surface area contributed by atoms with Crippen molar-refractivity contribution in [1.29, 1.82) is 0 Å². The maximum absolute atomic E-state index is 5.69. The highest BCUT2D eigenvalue weighted by atomic mass is 16.5. The summed E-state index contributed by atoms with van der Waals surface area (Å²) in [6.45, 7) is 10.5. The number of rotatable bonds is 2. The van der Waals surface area contributed by atoms with Crippen molar-refractivity contribution in [2.75, 3.05) is 13.1 Å². The molecule has 1 fully saturated rings. The van der Waals surface area contributed by atoms with Gasteiger partial charge in [-0.15, -0.1) is 0 Å². The predicted octanol–water partition coefficient (Wildman–Crippen LogP) is 1.65. The van der Waals surface area contributed by atoms with Gasteiger partial charge < -0.3 is 4.74 Å². The molecule has 0 atom stereocenters. The Balaban J connectivity index is 1.86. The minimum Gasteiger partial charge on any atom is -0.457 e. The van der Waals surface area contributed by atoms with Gasteiger partial charge in [0.1, 0.15) is 6.10 Å². The molecule has 2 heterocycles. The highest BCUT2D eigenvalue weighted by Crippen LogP contribution is 2.23. The molecule has 0 bridgehead atoms. The normalized spacial score (nSPS) is 18.2. The summed E-state index contributed by atoms with van der Waals surface area (Å²) in [5.74, 6) is 0. The quantitative estimate of drug-likeness (QED) is 0.761. The first kappa shape index (κ1) is 11.3. The number of aromatic nitrogens is 2. The van der Waals surface area contributed by atoms with Crippen LogP contribution in [-0.2, 0) is 0 Å². The van der Waals surface area contributed by atoms with Gasteiger partial charge in [-0.1, -0.05) is 0 Å². The van der Waals surface area contributed by atoms with Crippen LogP contribution in [0.4, 0.5) is 0 Å². The number of hydrogen-bond donors (Lipinski definition) is 0.